The maximum Gasteiger partial charge on any atom is 0.255 e. The second kappa shape index (κ2) is 10.5. The first-order valence-corrected chi connectivity index (χ1v) is 9.40. The van der Waals surface area contributed by atoms with E-state index in [2.05, 4.69) is 12.2 Å². The lowest BCUT2D eigenvalue weighted by molar-refractivity contribution is 0.102. The molecule has 0 heterocycles. The van der Waals surface area contributed by atoms with Crippen LogP contribution in [0.1, 0.15) is 56.8 Å². The Morgan fingerprint density at radius 1 is 1.00 bits per heavy atom. The maximum absolute atomic E-state index is 12.5. The first-order chi connectivity index (χ1) is 12.6. The Labute approximate surface area is 156 Å². The van der Waals surface area contributed by atoms with Crippen molar-refractivity contribution in [2.45, 2.75) is 52.6 Å². The molecule has 0 aliphatic heterocycles. The Balaban J connectivity index is 1.92. The molecule has 2 rings (SSSR count). The third-order valence-electron chi connectivity index (χ3n) is 3.88. The highest BCUT2D eigenvalue weighted by molar-refractivity contribution is 6.05. The van der Waals surface area contributed by atoms with Crippen LogP contribution in [0.5, 0.6) is 11.5 Å². The lowest BCUT2D eigenvalue weighted by atomic mass is 10.2. The third kappa shape index (κ3) is 6.43. The topological polar surface area (TPSA) is 47.6 Å². The van der Waals surface area contributed by atoms with Gasteiger partial charge in [0.1, 0.15) is 11.5 Å². The van der Waals surface area contributed by atoms with Gasteiger partial charge in [-0.2, -0.15) is 0 Å². The zero-order valence-corrected chi connectivity index (χ0v) is 16.0. The molecule has 0 radical (unpaired) electrons. The second-order valence-electron chi connectivity index (χ2n) is 6.55. The van der Waals surface area contributed by atoms with Crippen LogP contribution in [0.25, 0.3) is 0 Å². The molecule has 0 saturated heterocycles. The van der Waals surface area contributed by atoms with E-state index in [1.807, 2.05) is 50.2 Å². The van der Waals surface area contributed by atoms with Crippen molar-refractivity contribution in [2.24, 2.45) is 0 Å². The van der Waals surface area contributed by atoms with E-state index in [9.17, 15) is 4.79 Å². The van der Waals surface area contributed by atoms with E-state index < -0.39 is 0 Å². The van der Waals surface area contributed by atoms with Crippen LogP contribution in [-0.2, 0) is 0 Å². The van der Waals surface area contributed by atoms with Crippen LogP contribution < -0.4 is 14.8 Å². The number of rotatable bonds is 10. The number of hydrogen-bond donors (Lipinski definition) is 1. The lowest BCUT2D eigenvalue weighted by Gasteiger charge is -2.15. The largest absolute Gasteiger partial charge is 0.494 e. The summed E-state index contributed by atoms with van der Waals surface area (Å²) in [5.41, 5.74) is 1.25. The number of para-hydroxylation sites is 2. The van der Waals surface area contributed by atoms with E-state index in [4.69, 9.17) is 9.47 Å². The molecule has 1 amide bonds. The fourth-order valence-electron chi connectivity index (χ4n) is 2.54. The van der Waals surface area contributed by atoms with Gasteiger partial charge in [0.05, 0.1) is 18.4 Å². The molecule has 0 saturated carbocycles. The van der Waals surface area contributed by atoms with Gasteiger partial charge < -0.3 is 14.8 Å². The summed E-state index contributed by atoms with van der Waals surface area (Å²) < 4.78 is 11.5. The average Bonchev–Trinajstić information content (AvgIpc) is 2.63. The molecular formula is C22H29NO3. The second-order valence-corrected chi connectivity index (χ2v) is 6.55. The van der Waals surface area contributed by atoms with Gasteiger partial charge in [-0.3, -0.25) is 4.79 Å². The van der Waals surface area contributed by atoms with Gasteiger partial charge in [0.25, 0.3) is 5.91 Å². The molecule has 0 unspecified atom stereocenters. The SMILES string of the molecule is CCCCCCOc1ccc(C(=O)Nc2ccccc2OC(C)C)cc1. The van der Waals surface area contributed by atoms with Crippen LogP contribution in [0.4, 0.5) is 5.69 Å². The quantitative estimate of drug-likeness (QED) is 0.557. The van der Waals surface area contributed by atoms with Gasteiger partial charge in [0.2, 0.25) is 0 Å². The Morgan fingerprint density at radius 2 is 1.73 bits per heavy atom. The molecule has 0 aliphatic rings. The van der Waals surface area contributed by atoms with E-state index >= 15 is 0 Å². The van der Waals surface area contributed by atoms with E-state index in [0.29, 0.717) is 23.6 Å². The minimum atomic E-state index is -0.167. The molecule has 2 aromatic rings. The number of amides is 1. The van der Waals surface area contributed by atoms with Crippen LogP contribution >= 0.6 is 0 Å². The van der Waals surface area contributed by atoms with Gasteiger partial charge in [-0.15, -0.1) is 0 Å². The molecule has 0 aromatic heterocycles. The first kappa shape index (κ1) is 19.8. The molecule has 0 bridgehead atoms. The van der Waals surface area contributed by atoms with Crippen LogP contribution in [0, 0.1) is 0 Å². The van der Waals surface area contributed by atoms with Crippen molar-refractivity contribution < 1.29 is 14.3 Å². The van der Waals surface area contributed by atoms with Crippen molar-refractivity contribution in [3.8, 4) is 11.5 Å². The maximum atomic E-state index is 12.5. The fourth-order valence-corrected chi connectivity index (χ4v) is 2.54. The summed E-state index contributed by atoms with van der Waals surface area (Å²) in [4.78, 5) is 12.5. The molecule has 4 heteroatoms. The van der Waals surface area contributed by atoms with Gasteiger partial charge in [0.15, 0.2) is 0 Å². The summed E-state index contributed by atoms with van der Waals surface area (Å²) >= 11 is 0. The lowest BCUT2D eigenvalue weighted by Crippen LogP contribution is -2.14. The minimum absolute atomic E-state index is 0.0433. The standard InChI is InChI=1S/C22H29NO3/c1-4-5-6-9-16-25-19-14-12-18(13-15-19)22(24)23-20-10-7-8-11-21(20)26-17(2)3/h7-8,10-15,17H,4-6,9,16H2,1-3H3,(H,23,24). The van der Waals surface area contributed by atoms with Crippen molar-refractivity contribution in [3.63, 3.8) is 0 Å². The smallest absolute Gasteiger partial charge is 0.255 e. The van der Waals surface area contributed by atoms with Crippen molar-refractivity contribution in [2.75, 3.05) is 11.9 Å². The van der Waals surface area contributed by atoms with Gasteiger partial charge in [-0.1, -0.05) is 38.3 Å². The molecule has 0 spiro atoms. The van der Waals surface area contributed by atoms with Gasteiger partial charge >= 0.3 is 0 Å². The first-order valence-electron chi connectivity index (χ1n) is 9.40. The zero-order valence-electron chi connectivity index (χ0n) is 16.0. The summed E-state index contributed by atoms with van der Waals surface area (Å²) in [5.74, 6) is 1.30. The summed E-state index contributed by atoms with van der Waals surface area (Å²) in [6, 6.07) is 14.7. The summed E-state index contributed by atoms with van der Waals surface area (Å²) in [6.07, 6.45) is 4.75. The van der Waals surface area contributed by atoms with Crippen molar-refractivity contribution in [1.82, 2.24) is 0 Å². The number of anilines is 1. The van der Waals surface area contributed by atoms with E-state index in [0.717, 1.165) is 12.2 Å². The summed E-state index contributed by atoms with van der Waals surface area (Å²) in [5, 5.41) is 2.91. The monoisotopic (exact) mass is 355 g/mol. The molecule has 4 nitrogen and oxygen atoms in total. The van der Waals surface area contributed by atoms with Gasteiger partial charge in [0, 0.05) is 5.56 Å². The molecule has 0 aliphatic carbocycles. The Morgan fingerprint density at radius 3 is 2.42 bits per heavy atom. The van der Waals surface area contributed by atoms with Crippen LogP contribution in [0.2, 0.25) is 0 Å². The van der Waals surface area contributed by atoms with Crippen molar-refractivity contribution in [3.05, 3.63) is 54.1 Å². The van der Waals surface area contributed by atoms with Gasteiger partial charge in [-0.25, -0.2) is 0 Å². The minimum Gasteiger partial charge on any atom is -0.494 e. The molecule has 0 fully saturated rings. The third-order valence-corrected chi connectivity index (χ3v) is 3.88. The number of hydrogen-bond acceptors (Lipinski definition) is 3. The number of unbranched alkanes of at least 4 members (excludes halogenated alkanes) is 3. The molecule has 140 valence electrons. The van der Waals surface area contributed by atoms with Crippen molar-refractivity contribution in [1.29, 1.82) is 0 Å². The number of nitrogens with one attached hydrogen (secondary N) is 1. The van der Waals surface area contributed by atoms with Crippen LogP contribution in [0.15, 0.2) is 48.5 Å². The zero-order chi connectivity index (χ0) is 18.8. The van der Waals surface area contributed by atoms with Crippen molar-refractivity contribution >= 4 is 11.6 Å². The Hall–Kier alpha value is -2.49. The Bertz CT molecular complexity index is 680. The molecule has 1 N–H and O–H groups in total. The highest BCUT2D eigenvalue weighted by Crippen LogP contribution is 2.25. The molecule has 0 atom stereocenters. The number of ether oxygens (including phenoxy) is 2. The van der Waals surface area contributed by atoms with E-state index in [1.54, 1.807) is 12.1 Å². The summed E-state index contributed by atoms with van der Waals surface area (Å²) in [6.45, 7) is 6.82. The molecule has 2 aromatic carbocycles. The average molecular weight is 355 g/mol. The highest BCUT2D eigenvalue weighted by atomic mass is 16.5. The highest BCUT2D eigenvalue weighted by Gasteiger charge is 2.10. The fraction of sp³-hybridized carbons (Fsp3) is 0.409. The molecular weight excluding hydrogens is 326 g/mol. The predicted molar refractivity (Wildman–Crippen MR) is 106 cm³/mol. The normalized spacial score (nSPS) is 10.6. The van der Waals surface area contributed by atoms with E-state index in [-0.39, 0.29) is 12.0 Å². The summed E-state index contributed by atoms with van der Waals surface area (Å²) in [7, 11) is 0. The molecule has 26 heavy (non-hydrogen) atoms. The van der Waals surface area contributed by atoms with E-state index in [1.165, 1.54) is 19.3 Å². The predicted octanol–water partition coefficient (Wildman–Crippen LogP) is 5.69. The van der Waals surface area contributed by atoms with Gasteiger partial charge in [-0.05, 0) is 56.7 Å². The number of carbonyl (C=O) groups excluding carboxylic acids is 1. The number of carbonyl (C=O) groups is 1. The van der Waals surface area contributed by atoms with Crippen LogP contribution in [0.3, 0.4) is 0 Å². The number of benzene rings is 2. The van der Waals surface area contributed by atoms with Crippen LogP contribution in [-0.4, -0.2) is 18.6 Å². The Kier molecular flexibility index (Phi) is 8.00.